The highest BCUT2D eigenvalue weighted by Gasteiger charge is 2.36. The van der Waals surface area contributed by atoms with Gasteiger partial charge in [-0.1, -0.05) is 19.3 Å². The number of carbonyl (C=O) groups excluding carboxylic acids is 2. The number of nitrogens with zero attached hydrogens (tertiary/aromatic N) is 2. The number of hydrogen-bond acceptors (Lipinski definition) is 7. The van der Waals surface area contributed by atoms with Crippen molar-refractivity contribution in [1.82, 2.24) is 15.2 Å². The number of benzene rings is 1. The molecule has 3 N–H and O–H groups in total. The van der Waals surface area contributed by atoms with Crippen LogP contribution in [0.5, 0.6) is 11.5 Å². The lowest BCUT2D eigenvalue weighted by molar-refractivity contribution is -0.131. The lowest BCUT2D eigenvalue weighted by Gasteiger charge is -2.37. The van der Waals surface area contributed by atoms with Crippen LogP contribution in [-0.2, 0) is 4.79 Å². The normalized spacial score (nSPS) is 17.5. The predicted octanol–water partition coefficient (Wildman–Crippen LogP) is 4.91. The van der Waals surface area contributed by atoms with E-state index >= 15 is 0 Å². The van der Waals surface area contributed by atoms with Gasteiger partial charge in [-0.15, -0.1) is 0 Å². The molecule has 1 atom stereocenters. The third kappa shape index (κ3) is 7.46. The van der Waals surface area contributed by atoms with Crippen LogP contribution in [0.2, 0.25) is 0 Å². The molecule has 2 saturated carbocycles. The van der Waals surface area contributed by atoms with Crippen molar-refractivity contribution in [3.63, 3.8) is 0 Å². The highest BCUT2D eigenvalue weighted by Crippen LogP contribution is 2.40. The Labute approximate surface area is 227 Å². The summed E-state index contributed by atoms with van der Waals surface area (Å²) in [5, 5.41) is 2.98. The predicted molar refractivity (Wildman–Crippen MR) is 141 cm³/mol. The molecule has 39 heavy (non-hydrogen) atoms. The summed E-state index contributed by atoms with van der Waals surface area (Å²) in [4.78, 5) is 31.9. The van der Waals surface area contributed by atoms with Gasteiger partial charge in [0.1, 0.15) is 0 Å². The summed E-state index contributed by atoms with van der Waals surface area (Å²) < 4.78 is 42.1. The molecule has 1 heterocycles. The minimum absolute atomic E-state index is 0.0325. The lowest BCUT2D eigenvalue weighted by atomic mass is 9.71. The van der Waals surface area contributed by atoms with Gasteiger partial charge in [0.15, 0.2) is 23.0 Å². The summed E-state index contributed by atoms with van der Waals surface area (Å²) in [6, 6.07) is 3.78. The fourth-order valence-corrected chi connectivity index (χ4v) is 4.91. The molecule has 11 heteroatoms. The molecular formula is C28H38F2N4O5. The van der Waals surface area contributed by atoms with Gasteiger partial charge in [0.2, 0.25) is 11.8 Å². The van der Waals surface area contributed by atoms with Gasteiger partial charge in [-0.25, -0.2) is 4.98 Å². The minimum Gasteiger partial charge on any atom is -0.489 e. The van der Waals surface area contributed by atoms with Crippen molar-refractivity contribution in [1.29, 1.82) is 0 Å². The Bertz CT molecular complexity index is 1160. The maximum absolute atomic E-state index is 13.3. The van der Waals surface area contributed by atoms with Crippen LogP contribution < -0.4 is 20.5 Å². The molecule has 0 unspecified atom stereocenters. The summed E-state index contributed by atoms with van der Waals surface area (Å²) in [5.41, 5.74) is 6.29. The molecule has 2 aliphatic rings. The Hall–Kier alpha value is -3.21. The van der Waals surface area contributed by atoms with E-state index in [1.54, 1.807) is 25.9 Å². The van der Waals surface area contributed by atoms with Gasteiger partial charge in [0.25, 0.3) is 5.91 Å². The Morgan fingerprint density at radius 1 is 1.21 bits per heavy atom. The fourth-order valence-electron chi connectivity index (χ4n) is 4.91. The molecule has 0 radical (unpaired) electrons. The molecule has 1 aromatic carbocycles. The summed E-state index contributed by atoms with van der Waals surface area (Å²) in [6.45, 7) is -0.583. The van der Waals surface area contributed by atoms with E-state index in [1.165, 1.54) is 18.2 Å². The van der Waals surface area contributed by atoms with Gasteiger partial charge in [-0.2, -0.15) is 8.78 Å². The van der Waals surface area contributed by atoms with Crippen LogP contribution in [-0.4, -0.2) is 55.6 Å². The van der Waals surface area contributed by atoms with E-state index in [1.807, 2.05) is 0 Å². The first-order valence-electron chi connectivity index (χ1n) is 13.5. The number of rotatable bonds is 12. The molecule has 2 aromatic rings. The molecule has 0 bridgehead atoms. The number of aromatic nitrogens is 1. The zero-order chi connectivity index (χ0) is 28.2. The van der Waals surface area contributed by atoms with Crippen molar-refractivity contribution in [3.05, 3.63) is 29.7 Å². The second-order valence-electron chi connectivity index (χ2n) is 11.0. The van der Waals surface area contributed by atoms with Crippen molar-refractivity contribution in [2.24, 2.45) is 17.1 Å². The van der Waals surface area contributed by atoms with Crippen LogP contribution in [0.25, 0.3) is 11.5 Å². The van der Waals surface area contributed by atoms with Crippen LogP contribution in [0.1, 0.15) is 80.6 Å². The van der Waals surface area contributed by atoms with Crippen LogP contribution in [0, 0.1) is 11.3 Å². The van der Waals surface area contributed by atoms with E-state index in [0.29, 0.717) is 31.1 Å². The number of oxazole rings is 1. The smallest absolute Gasteiger partial charge is 0.387 e. The molecule has 214 valence electrons. The van der Waals surface area contributed by atoms with Gasteiger partial charge in [-0.05, 0) is 62.1 Å². The van der Waals surface area contributed by atoms with Gasteiger partial charge in [0.05, 0.1) is 12.6 Å². The average molecular weight is 549 g/mol. The molecule has 9 nitrogen and oxygen atoms in total. The number of halogens is 2. The van der Waals surface area contributed by atoms with Gasteiger partial charge < -0.3 is 29.8 Å². The van der Waals surface area contributed by atoms with Gasteiger partial charge in [-0.3, -0.25) is 9.59 Å². The second-order valence-corrected chi connectivity index (χ2v) is 11.0. The summed E-state index contributed by atoms with van der Waals surface area (Å²) in [7, 11) is 3.47. The Morgan fingerprint density at radius 3 is 2.54 bits per heavy atom. The van der Waals surface area contributed by atoms with E-state index < -0.39 is 18.6 Å². The fraction of sp³-hybridized carbons (Fsp3) is 0.607. The van der Waals surface area contributed by atoms with E-state index in [4.69, 9.17) is 14.9 Å². The monoisotopic (exact) mass is 548 g/mol. The minimum atomic E-state index is -3.00. The van der Waals surface area contributed by atoms with Gasteiger partial charge >= 0.3 is 6.61 Å². The molecule has 2 amide bonds. The Morgan fingerprint density at radius 2 is 1.92 bits per heavy atom. The molecular weight excluding hydrogens is 510 g/mol. The first-order chi connectivity index (χ1) is 18.6. The summed E-state index contributed by atoms with van der Waals surface area (Å²) >= 11 is 0. The highest BCUT2D eigenvalue weighted by molar-refractivity contribution is 5.94. The van der Waals surface area contributed by atoms with E-state index in [2.05, 4.69) is 15.0 Å². The third-order valence-electron chi connectivity index (χ3n) is 7.42. The molecule has 0 aliphatic heterocycles. The number of nitrogens with one attached hydrogen (secondary N) is 1. The third-order valence-corrected chi connectivity index (χ3v) is 7.42. The van der Waals surface area contributed by atoms with E-state index in [-0.39, 0.29) is 40.2 Å². The lowest BCUT2D eigenvalue weighted by Crippen LogP contribution is -2.42. The standard InChI is InChI=1S/C28H38F2N4O5/c1-17(31)24-23(25(36)32-16-28(11-5-4-6-12-28)14-22(35)34(2)3)33-26(39-24)19-9-10-20(38-27(29)30)21(13-19)37-15-18-7-8-18/h9-10,13,17-18,27H,4-8,11-12,14-16,31H2,1-3H3,(H,32,36)/t17-/m0/s1. The van der Waals surface area contributed by atoms with Gasteiger partial charge in [0, 0.05) is 32.6 Å². The highest BCUT2D eigenvalue weighted by atomic mass is 19.3. The van der Waals surface area contributed by atoms with Crippen molar-refractivity contribution in [2.75, 3.05) is 27.2 Å². The topological polar surface area (TPSA) is 120 Å². The number of nitrogens with two attached hydrogens (primary N) is 1. The number of alkyl halides is 2. The average Bonchev–Trinajstić information content (AvgIpc) is 3.61. The molecule has 0 saturated heterocycles. The van der Waals surface area contributed by atoms with Crippen molar-refractivity contribution in [2.45, 2.75) is 70.9 Å². The summed E-state index contributed by atoms with van der Waals surface area (Å²) in [6.07, 6.45) is 7.26. The van der Waals surface area contributed by atoms with Crippen molar-refractivity contribution in [3.8, 4) is 23.0 Å². The Kier molecular flexibility index (Phi) is 9.09. The first kappa shape index (κ1) is 28.8. The van der Waals surface area contributed by atoms with E-state index in [0.717, 1.165) is 44.9 Å². The number of amides is 2. The number of hydrogen-bond donors (Lipinski definition) is 2. The van der Waals surface area contributed by atoms with Crippen LogP contribution >= 0.6 is 0 Å². The van der Waals surface area contributed by atoms with Crippen LogP contribution in [0.15, 0.2) is 22.6 Å². The van der Waals surface area contributed by atoms with Crippen LogP contribution in [0.3, 0.4) is 0 Å². The molecule has 4 rings (SSSR count). The molecule has 2 fully saturated rings. The first-order valence-corrected chi connectivity index (χ1v) is 13.5. The molecule has 2 aliphatic carbocycles. The SMILES string of the molecule is C[C@H](N)c1oc(-c2ccc(OC(F)F)c(OCC3CC3)c2)nc1C(=O)NCC1(CC(=O)N(C)C)CCCCC1. The summed E-state index contributed by atoms with van der Waals surface area (Å²) in [5.74, 6) is 0.371. The zero-order valence-electron chi connectivity index (χ0n) is 22.8. The second kappa shape index (κ2) is 12.3. The number of ether oxygens (including phenoxy) is 2. The van der Waals surface area contributed by atoms with Crippen LogP contribution in [0.4, 0.5) is 8.78 Å². The van der Waals surface area contributed by atoms with Crippen molar-refractivity contribution < 1.29 is 32.3 Å². The quantitative estimate of drug-likeness (QED) is 0.387. The maximum Gasteiger partial charge on any atom is 0.387 e. The zero-order valence-corrected chi connectivity index (χ0v) is 22.8. The molecule has 0 spiro atoms. The maximum atomic E-state index is 13.3. The van der Waals surface area contributed by atoms with Crippen molar-refractivity contribution >= 4 is 11.8 Å². The Balaban J connectivity index is 1.55. The largest absolute Gasteiger partial charge is 0.489 e. The number of carbonyl (C=O) groups is 2. The molecule has 1 aromatic heterocycles. The van der Waals surface area contributed by atoms with E-state index in [9.17, 15) is 18.4 Å².